The summed E-state index contributed by atoms with van der Waals surface area (Å²) in [6.07, 6.45) is 1.35. The summed E-state index contributed by atoms with van der Waals surface area (Å²) in [6, 6.07) is 3.46. The molecule has 0 fully saturated rings. The fraction of sp³-hybridized carbons (Fsp3) is 0.167. The van der Waals surface area contributed by atoms with Gasteiger partial charge in [-0.1, -0.05) is 0 Å². The second-order valence-corrected chi connectivity index (χ2v) is 3.57. The summed E-state index contributed by atoms with van der Waals surface area (Å²) < 4.78 is 19.5. The van der Waals surface area contributed by atoms with Crippen molar-refractivity contribution in [3.8, 4) is 5.75 Å². The minimum atomic E-state index is -0.576. The van der Waals surface area contributed by atoms with Crippen LogP contribution in [0.4, 0.5) is 4.39 Å². The van der Waals surface area contributed by atoms with E-state index in [-0.39, 0.29) is 28.0 Å². The second-order valence-electron chi connectivity index (χ2n) is 3.57. The molecule has 4 nitrogen and oxygen atoms in total. The van der Waals surface area contributed by atoms with Crippen molar-refractivity contribution < 1.29 is 13.9 Å². The lowest BCUT2D eigenvalue weighted by Crippen LogP contribution is -2.13. The zero-order chi connectivity index (χ0) is 12.6. The summed E-state index contributed by atoms with van der Waals surface area (Å²) in [5, 5.41) is 0.125. The number of rotatable bonds is 1. The molecule has 88 valence electrons. The van der Waals surface area contributed by atoms with Gasteiger partial charge in [-0.05, 0) is 6.07 Å². The zero-order valence-electron chi connectivity index (χ0n) is 9.36. The molecule has 0 saturated carbocycles. The lowest BCUT2D eigenvalue weighted by atomic mass is 10.2. The molecule has 0 amide bonds. The van der Waals surface area contributed by atoms with Crippen LogP contribution in [0.15, 0.2) is 29.2 Å². The van der Waals surface area contributed by atoms with Gasteiger partial charge in [-0.3, -0.25) is 14.2 Å². The number of carbonyl (C=O) groups is 1. The molecule has 1 aromatic heterocycles. The quantitative estimate of drug-likeness (QED) is 0.757. The van der Waals surface area contributed by atoms with E-state index in [0.29, 0.717) is 0 Å². The Labute approximate surface area is 96.2 Å². The van der Waals surface area contributed by atoms with Gasteiger partial charge >= 0.3 is 0 Å². The predicted octanol–water partition coefficient (Wildman–Crippen LogP) is 1.81. The van der Waals surface area contributed by atoms with Gasteiger partial charge in [-0.25, -0.2) is 4.39 Å². The summed E-state index contributed by atoms with van der Waals surface area (Å²) >= 11 is 0. The Morgan fingerprint density at radius 1 is 1.41 bits per heavy atom. The van der Waals surface area contributed by atoms with Gasteiger partial charge in [0.25, 0.3) is 0 Å². The van der Waals surface area contributed by atoms with Crippen LogP contribution in [0.3, 0.4) is 0 Å². The van der Waals surface area contributed by atoms with Crippen molar-refractivity contribution in [3.63, 3.8) is 0 Å². The average Bonchev–Trinajstić information content (AvgIpc) is 2.29. The molecule has 0 aliphatic heterocycles. The lowest BCUT2D eigenvalue weighted by Gasteiger charge is -2.10. The van der Waals surface area contributed by atoms with E-state index in [9.17, 15) is 14.0 Å². The van der Waals surface area contributed by atoms with E-state index >= 15 is 0 Å². The van der Waals surface area contributed by atoms with E-state index in [1.54, 1.807) is 0 Å². The van der Waals surface area contributed by atoms with Gasteiger partial charge in [-0.2, -0.15) is 0 Å². The maximum Gasteiger partial charge on any atom is 0.228 e. The van der Waals surface area contributed by atoms with Crippen molar-refractivity contribution in [2.75, 3.05) is 7.11 Å². The molecule has 1 heterocycles. The maximum atomic E-state index is 13.3. The third-order valence-corrected chi connectivity index (χ3v) is 2.48. The number of nitrogens with zero attached hydrogens (tertiary/aromatic N) is 1. The number of hydrogen-bond acceptors (Lipinski definition) is 3. The highest BCUT2D eigenvalue weighted by atomic mass is 19.1. The Bertz CT molecular complexity index is 661. The Kier molecular flexibility index (Phi) is 2.67. The number of carbonyl (C=O) groups excluding carboxylic acids is 1. The van der Waals surface area contributed by atoms with Crippen molar-refractivity contribution >= 4 is 16.8 Å². The van der Waals surface area contributed by atoms with Crippen molar-refractivity contribution in [3.05, 3.63) is 40.4 Å². The molecule has 0 spiro atoms. The van der Waals surface area contributed by atoms with Crippen LogP contribution in [0.25, 0.3) is 10.9 Å². The Morgan fingerprint density at radius 3 is 2.71 bits per heavy atom. The topological polar surface area (TPSA) is 48.3 Å². The number of aromatic nitrogens is 1. The first kappa shape index (κ1) is 11.3. The van der Waals surface area contributed by atoms with Gasteiger partial charge in [-0.15, -0.1) is 0 Å². The van der Waals surface area contributed by atoms with E-state index in [4.69, 9.17) is 4.74 Å². The highest BCUT2D eigenvalue weighted by Crippen LogP contribution is 2.24. The molecule has 0 aliphatic rings. The van der Waals surface area contributed by atoms with E-state index in [2.05, 4.69) is 0 Å². The monoisotopic (exact) mass is 235 g/mol. The number of fused-ring (bicyclic) bond motifs is 1. The van der Waals surface area contributed by atoms with Gasteiger partial charge in [0.15, 0.2) is 5.43 Å². The van der Waals surface area contributed by atoms with Crippen LogP contribution in [0.1, 0.15) is 11.7 Å². The zero-order valence-corrected chi connectivity index (χ0v) is 9.36. The van der Waals surface area contributed by atoms with E-state index in [0.717, 1.165) is 12.1 Å². The van der Waals surface area contributed by atoms with E-state index < -0.39 is 5.82 Å². The standard InChI is InChI=1S/C12H10FNO3/c1-7(15)14-4-3-10(16)9-5-8(13)6-11(17-2)12(9)14/h3-6H,1-2H3. The molecule has 0 unspecified atom stereocenters. The minimum Gasteiger partial charge on any atom is -0.494 e. The van der Waals surface area contributed by atoms with Gasteiger partial charge < -0.3 is 4.74 Å². The average molecular weight is 235 g/mol. The van der Waals surface area contributed by atoms with Crippen LogP contribution in [0.5, 0.6) is 5.75 Å². The fourth-order valence-electron chi connectivity index (χ4n) is 1.74. The third-order valence-electron chi connectivity index (χ3n) is 2.48. The first-order valence-corrected chi connectivity index (χ1v) is 4.94. The summed E-state index contributed by atoms with van der Waals surface area (Å²) in [5.41, 5.74) is -0.0656. The van der Waals surface area contributed by atoms with Crippen LogP contribution in [-0.2, 0) is 0 Å². The third kappa shape index (κ3) is 1.80. The minimum absolute atomic E-state index is 0.125. The molecule has 0 N–H and O–H groups in total. The largest absolute Gasteiger partial charge is 0.494 e. The smallest absolute Gasteiger partial charge is 0.228 e. The number of pyridine rings is 1. The molecule has 0 saturated heterocycles. The Morgan fingerprint density at radius 2 is 2.12 bits per heavy atom. The van der Waals surface area contributed by atoms with Crippen molar-refractivity contribution in [2.24, 2.45) is 0 Å². The van der Waals surface area contributed by atoms with Gasteiger partial charge in [0.05, 0.1) is 12.5 Å². The van der Waals surface area contributed by atoms with Crippen LogP contribution in [0.2, 0.25) is 0 Å². The van der Waals surface area contributed by atoms with Gasteiger partial charge in [0.2, 0.25) is 5.91 Å². The molecule has 0 radical (unpaired) electrons. The molecule has 0 bridgehead atoms. The fourth-order valence-corrected chi connectivity index (χ4v) is 1.74. The van der Waals surface area contributed by atoms with E-state index in [1.807, 2.05) is 0 Å². The molecule has 5 heteroatoms. The molecule has 0 atom stereocenters. The highest BCUT2D eigenvalue weighted by molar-refractivity contribution is 5.93. The van der Waals surface area contributed by atoms with Gasteiger partial charge in [0, 0.05) is 25.3 Å². The summed E-state index contributed by atoms with van der Waals surface area (Å²) in [6.45, 7) is 1.35. The second kappa shape index (κ2) is 4.01. The Hall–Kier alpha value is -2.17. The molecule has 2 rings (SSSR count). The summed E-state index contributed by atoms with van der Waals surface area (Å²) in [4.78, 5) is 23.1. The van der Waals surface area contributed by atoms with Crippen LogP contribution < -0.4 is 10.2 Å². The van der Waals surface area contributed by atoms with E-state index in [1.165, 1.54) is 30.9 Å². The van der Waals surface area contributed by atoms with Crippen LogP contribution in [-0.4, -0.2) is 17.6 Å². The van der Waals surface area contributed by atoms with Gasteiger partial charge in [0.1, 0.15) is 17.1 Å². The lowest BCUT2D eigenvalue weighted by molar-refractivity contribution is 0.0940. The molecule has 17 heavy (non-hydrogen) atoms. The normalized spacial score (nSPS) is 10.5. The van der Waals surface area contributed by atoms with Crippen molar-refractivity contribution in [1.29, 1.82) is 0 Å². The predicted molar refractivity (Wildman–Crippen MR) is 61.0 cm³/mol. The first-order chi connectivity index (χ1) is 8.04. The number of benzene rings is 1. The molecular weight excluding hydrogens is 225 g/mol. The molecule has 1 aromatic carbocycles. The molecule has 2 aromatic rings. The Balaban J connectivity index is 3.02. The number of ether oxygens (including phenoxy) is 1. The SMILES string of the molecule is COc1cc(F)cc2c(=O)ccn(C(C)=O)c12. The highest BCUT2D eigenvalue weighted by Gasteiger charge is 2.12. The van der Waals surface area contributed by atoms with Crippen molar-refractivity contribution in [2.45, 2.75) is 6.92 Å². The number of hydrogen-bond donors (Lipinski definition) is 0. The maximum absolute atomic E-state index is 13.3. The first-order valence-electron chi connectivity index (χ1n) is 4.94. The summed E-state index contributed by atoms with van der Waals surface area (Å²) in [5.74, 6) is -0.694. The molecule has 0 aliphatic carbocycles. The van der Waals surface area contributed by atoms with Crippen LogP contribution >= 0.6 is 0 Å². The van der Waals surface area contributed by atoms with Crippen LogP contribution in [0, 0.1) is 5.82 Å². The summed E-state index contributed by atoms with van der Waals surface area (Å²) in [7, 11) is 1.36. The number of halogens is 1. The molecular formula is C12H10FNO3. The number of methoxy groups -OCH3 is 1. The van der Waals surface area contributed by atoms with Crippen molar-refractivity contribution in [1.82, 2.24) is 4.57 Å².